The summed E-state index contributed by atoms with van der Waals surface area (Å²) in [6.45, 7) is 2.16. The van der Waals surface area contributed by atoms with Crippen molar-refractivity contribution in [1.29, 1.82) is 0 Å². The van der Waals surface area contributed by atoms with Crippen LogP contribution in [0.1, 0.15) is 24.5 Å². The second-order valence-corrected chi connectivity index (χ2v) is 4.92. The predicted octanol–water partition coefficient (Wildman–Crippen LogP) is 2.86. The van der Waals surface area contributed by atoms with E-state index in [1.807, 2.05) is 11.8 Å². The molecule has 0 heterocycles. The second kappa shape index (κ2) is 4.18. The number of thioether (sulfide) groups is 1. The Morgan fingerprint density at radius 1 is 1.29 bits per heavy atom. The number of ketones is 1. The SMILES string of the molecule is CCSc1ccc2c(c1)CCC(=O)C2. The maximum atomic E-state index is 11.2. The zero-order chi connectivity index (χ0) is 9.97. The molecule has 0 spiro atoms. The van der Waals surface area contributed by atoms with Crippen LogP contribution in [0.3, 0.4) is 0 Å². The van der Waals surface area contributed by atoms with Gasteiger partial charge < -0.3 is 0 Å². The largest absolute Gasteiger partial charge is 0.299 e. The number of carbonyl (C=O) groups excluding carboxylic acids is 1. The summed E-state index contributed by atoms with van der Waals surface area (Å²) >= 11 is 1.86. The van der Waals surface area contributed by atoms with Crippen molar-refractivity contribution in [3.05, 3.63) is 29.3 Å². The molecule has 0 saturated carbocycles. The maximum Gasteiger partial charge on any atom is 0.137 e. The minimum atomic E-state index is 0.383. The van der Waals surface area contributed by atoms with Gasteiger partial charge in [0.05, 0.1) is 0 Å². The van der Waals surface area contributed by atoms with Gasteiger partial charge in [-0.25, -0.2) is 0 Å². The molecule has 0 fully saturated rings. The van der Waals surface area contributed by atoms with Crippen LogP contribution in [0.5, 0.6) is 0 Å². The summed E-state index contributed by atoms with van der Waals surface area (Å²) in [6, 6.07) is 6.49. The van der Waals surface area contributed by atoms with Crippen molar-refractivity contribution in [3.63, 3.8) is 0 Å². The number of fused-ring (bicyclic) bond motifs is 1. The molecule has 0 saturated heterocycles. The van der Waals surface area contributed by atoms with Gasteiger partial charge in [-0.2, -0.15) is 0 Å². The van der Waals surface area contributed by atoms with Crippen molar-refractivity contribution >= 4 is 17.5 Å². The van der Waals surface area contributed by atoms with Gasteiger partial charge in [0.2, 0.25) is 0 Å². The van der Waals surface area contributed by atoms with E-state index in [1.165, 1.54) is 16.0 Å². The van der Waals surface area contributed by atoms with Gasteiger partial charge in [0, 0.05) is 17.7 Å². The first-order valence-electron chi connectivity index (χ1n) is 5.06. The Balaban J connectivity index is 2.26. The fraction of sp³-hybridized carbons (Fsp3) is 0.417. The lowest BCUT2D eigenvalue weighted by Crippen LogP contribution is -2.12. The number of rotatable bonds is 2. The number of benzene rings is 1. The highest BCUT2D eigenvalue weighted by atomic mass is 32.2. The first kappa shape index (κ1) is 9.78. The molecule has 74 valence electrons. The van der Waals surface area contributed by atoms with E-state index in [9.17, 15) is 4.79 Å². The van der Waals surface area contributed by atoms with E-state index >= 15 is 0 Å². The summed E-state index contributed by atoms with van der Waals surface area (Å²) in [5, 5.41) is 0. The average molecular weight is 206 g/mol. The van der Waals surface area contributed by atoms with Gasteiger partial charge in [-0.05, 0) is 35.4 Å². The van der Waals surface area contributed by atoms with E-state index in [0.29, 0.717) is 12.2 Å². The fourth-order valence-corrected chi connectivity index (χ4v) is 2.56. The van der Waals surface area contributed by atoms with Crippen molar-refractivity contribution in [1.82, 2.24) is 0 Å². The third-order valence-electron chi connectivity index (χ3n) is 2.55. The van der Waals surface area contributed by atoms with E-state index in [4.69, 9.17) is 0 Å². The lowest BCUT2D eigenvalue weighted by Gasteiger charge is -2.15. The van der Waals surface area contributed by atoms with Crippen LogP contribution in [-0.4, -0.2) is 11.5 Å². The molecule has 0 radical (unpaired) electrons. The Morgan fingerprint density at radius 2 is 2.14 bits per heavy atom. The van der Waals surface area contributed by atoms with Crippen LogP contribution < -0.4 is 0 Å². The molecule has 14 heavy (non-hydrogen) atoms. The highest BCUT2D eigenvalue weighted by Gasteiger charge is 2.15. The summed E-state index contributed by atoms with van der Waals surface area (Å²) < 4.78 is 0. The molecule has 1 aliphatic rings. The molecule has 1 aliphatic carbocycles. The summed E-state index contributed by atoms with van der Waals surface area (Å²) in [7, 11) is 0. The van der Waals surface area contributed by atoms with Crippen LogP contribution in [0.2, 0.25) is 0 Å². The first-order valence-corrected chi connectivity index (χ1v) is 6.04. The lowest BCUT2D eigenvalue weighted by atomic mass is 9.91. The number of Topliss-reactive ketones (excluding diaryl/α,β-unsaturated/α-hetero) is 1. The number of aryl methyl sites for hydroxylation is 1. The quantitative estimate of drug-likeness (QED) is 0.692. The molecule has 0 bridgehead atoms. The smallest absolute Gasteiger partial charge is 0.137 e. The first-order chi connectivity index (χ1) is 6.79. The molecule has 0 aliphatic heterocycles. The summed E-state index contributed by atoms with van der Waals surface area (Å²) in [5.74, 6) is 1.49. The fourth-order valence-electron chi connectivity index (χ4n) is 1.84. The molecule has 0 aromatic heterocycles. The van der Waals surface area contributed by atoms with Gasteiger partial charge in [0.15, 0.2) is 0 Å². The molecule has 1 aromatic carbocycles. The molecule has 0 atom stereocenters. The Bertz CT molecular complexity index is 357. The van der Waals surface area contributed by atoms with Gasteiger partial charge in [0.25, 0.3) is 0 Å². The Kier molecular flexibility index (Phi) is 2.92. The van der Waals surface area contributed by atoms with Crippen molar-refractivity contribution in [2.45, 2.75) is 31.1 Å². The minimum Gasteiger partial charge on any atom is -0.299 e. The van der Waals surface area contributed by atoms with E-state index < -0.39 is 0 Å². The third kappa shape index (κ3) is 2.01. The van der Waals surface area contributed by atoms with Crippen LogP contribution in [0, 0.1) is 0 Å². The van der Waals surface area contributed by atoms with Crippen LogP contribution in [0.4, 0.5) is 0 Å². The summed E-state index contributed by atoms with van der Waals surface area (Å²) in [5.41, 5.74) is 2.62. The Morgan fingerprint density at radius 3 is 2.93 bits per heavy atom. The van der Waals surface area contributed by atoms with E-state index in [2.05, 4.69) is 25.1 Å². The molecule has 0 N–H and O–H groups in total. The van der Waals surface area contributed by atoms with Gasteiger partial charge in [-0.15, -0.1) is 11.8 Å². The molecule has 0 amide bonds. The number of hydrogen-bond acceptors (Lipinski definition) is 2. The van der Waals surface area contributed by atoms with Gasteiger partial charge >= 0.3 is 0 Å². The van der Waals surface area contributed by atoms with Crippen molar-refractivity contribution < 1.29 is 4.79 Å². The molecule has 0 unspecified atom stereocenters. The van der Waals surface area contributed by atoms with Gasteiger partial charge in [0.1, 0.15) is 5.78 Å². The zero-order valence-corrected chi connectivity index (χ0v) is 9.19. The van der Waals surface area contributed by atoms with Crippen LogP contribution in [-0.2, 0) is 17.6 Å². The summed E-state index contributed by atoms with van der Waals surface area (Å²) in [4.78, 5) is 12.6. The Labute approximate surface area is 88.9 Å². The monoisotopic (exact) mass is 206 g/mol. The highest BCUT2D eigenvalue weighted by molar-refractivity contribution is 7.99. The minimum absolute atomic E-state index is 0.383. The van der Waals surface area contributed by atoms with Crippen molar-refractivity contribution in [2.24, 2.45) is 0 Å². The number of carbonyl (C=O) groups is 1. The topological polar surface area (TPSA) is 17.1 Å². The van der Waals surface area contributed by atoms with Crippen molar-refractivity contribution in [3.8, 4) is 0 Å². The van der Waals surface area contributed by atoms with E-state index in [-0.39, 0.29) is 0 Å². The second-order valence-electron chi connectivity index (χ2n) is 3.58. The highest BCUT2D eigenvalue weighted by Crippen LogP contribution is 2.25. The molecule has 2 heteroatoms. The van der Waals surface area contributed by atoms with Gasteiger partial charge in [-0.1, -0.05) is 13.0 Å². The maximum absolute atomic E-state index is 11.2. The summed E-state index contributed by atoms with van der Waals surface area (Å²) in [6.07, 6.45) is 2.31. The van der Waals surface area contributed by atoms with Crippen molar-refractivity contribution in [2.75, 3.05) is 5.75 Å². The molecular formula is C12H14OS. The predicted molar refractivity (Wildman–Crippen MR) is 59.9 cm³/mol. The average Bonchev–Trinajstić information content (AvgIpc) is 2.19. The molecule has 2 rings (SSSR count). The normalized spacial score (nSPS) is 15.4. The zero-order valence-electron chi connectivity index (χ0n) is 8.38. The van der Waals surface area contributed by atoms with Crippen LogP contribution >= 0.6 is 11.8 Å². The van der Waals surface area contributed by atoms with E-state index in [1.54, 1.807) is 0 Å². The lowest BCUT2D eigenvalue weighted by molar-refractivity contribution is -0.118. The molecule has 1 nitrogen and oxygen atoms in total. The number of hydrogen-bond donors (Lipinski definition) is 0. The standard InChI is InChI=1S/C12H14OS/c1-2-14-12-6-4-9-7-11(13)5-3-10(9)8-12/h4,6,8H,2-3,5,7H2,1H3. The molecular weight excluding hydrogens is 192 g/mol. The molecule has 1 aromatic rings. The Hall–Kier alpha value is -0.760. The van der Waals surface area contributed by atoms with Crippen LogP contribution in [0.15, 0.2) is 23.1 Å². The van der Waals surface area contributed by atoms with Gasteiger partial charge in [-0.3, -0.25) is 4.79 Å². The van der Waals surface area contributed by atoms with Crippen LogP contribution in [0.25, 0.3) is 0 Å². The van der Waals surface area contributed by atoms with E-state index in [0.717, 1.165) is 18.6 Å². The third-order valence-corrected chi connectivity index (χ3v) is 3.43.